The highest BCUT2D eigenvalue weighted by Gasteiger charge is 2.48. The number of benzene rings is 1. The van der Waals surface area contributed by atoms with E-state index in [2.05, 4.69) is 0 Å². The van der Waals surface area contributed by atoms with E-state index in [1.54, 1.807) is 6.92 Å². The van der Waals surface area contributed by atoms with Crippen LogP contribution in [0.1, 0.15) is 48.0 Å². The van der Waals surface area contributed by atoms with Crippen molar-refractivity contribution in [2.24, 2.45) is 11.8 Å². The summed E-state index contributed by atoms with van der Waals surface area (Å²) in [4.78, 5) is 50.3. The van der Waals surface area contributed by atoms with E-state index in [9.17, 15) is 23.6 Å². The van der Waals surface area contributed by atoms with Gasteiger partial charge in [-0.2, -0.15) is 0 Å². The van der Waals surface area contributed by atoms with Crippen molar-refractivity contribution in [2.45, 2.75) is 32.1 Å². The van der Waals surface area contributed by atoms with Gasteiger partial charge in [0.1, 0.15) is 18.1 Å². The lowest BCUT2D eigenvalue weighted by molar-refractivity contribution is -0.148. The van der Waals surface area contributed by atoms with E-state index in [1.807, 2.05) is 12.2 Å². The second kappa shape index (κ2) is 6.40. The minimum atomic E-state index is -0.829. The first-order valence-electron chi connectivity index (χ1n) is 8.95. The van der Waals surface area contributed by atoms with Crippen molar-refractivity contribution in [2.75, 3.05) is 6.54 Å². The topological polar surface area (TPSA) is 80.8 Å². The first-order chi connectivity index (χ1) is 12.9. The molecule has 2 aliphatic carbocycles. The molecule has 7 heteroatoms. The molecule has 1 aromatic carbocycles. The van der Waals surface area contributed by atoms with E-state index >= 15 is 0 Å². The van der Waals surface area contributed by atoms with Gasteiger partial charge in [-0.05, 0) is 30.9 Å². The van der Waals surface area contributed by atoms with E-state index in [0.717, 1.165) is 11.0 Å². The van der Waals surface area contributed by atoms with Crippen molar-refractivity contribution in [1.82, 2.24) is 4.90 Å². The first kappa shape index (κ1) is 17.6. The average Bonchev–Trinajstić information content (AvgIpc) is 3.07. The van der Waals surface area contributed by atoms with E-state index in [1.165, 1.54) is 6.07 Å². The summed E-state index contributed by atoms with van der Waals surface area (Å²) in [5.74, 6) is -3.53. The van der Waals surface area contributed by atoms with Crippen molar-refractivity contribution in [3.63, 3.8) is 0 Å². The van der Waals surface area contributed by atoms with Gasteiger partial charge in [0.2, 0.25) is 11.8 Å². The molecule has 0 N–H and O–H groups in total. The summed E-state index contributed by atoms with van der Waals surface area (Å²) in [7, 11) is 0. The number of likely N-dealkylation sites (tertiary alicyclic amines) is 1. The van der Waals surface area contributed by atoms with Crippen molar-refractivity contribution in [3.05, 3.63) is 41.2 Å². The van der Waals surface area contributed by atoms with Gasteiger partial charge in [-0.15, -0.1) is 0 Å². The molecule has 0 bridgehead atoms. The predicted octanol–water partition coefficient (Wildman–Crippen LogP) is 2.37. The largest absolute Gasteiger partial charge is 0.424 e. The molecule has 3 atom stereocenters. The molecule has 3 aliphatic rings. The molecule has 1 fully saturated rings. The number of hydrogen-bond donors (Lipinski definition) is 0. The van der Waals surface area contributed by atoms with Crippen LogP contribution in [0.5, 0.6) is 5.75 Å². The zero-order valence-corrected chi connectivity index (χ0v) is 14.7. The fraction of sp³-hybridized carbons (Fsp3) is 0.400. The van der Waals surface area contributed by atoms with Crippen molar-refractivity contribution in [3.8, 4) is 5.75 Å². The molecule has 0 unspecified atom stereocenters. The number of amides is 2. The van der Waals surface area contributed by atoms with Crippen LogP contribution in [0.2, 0.25) is 0 Å². The highest BCUT2D eigenvalue weighted by atomic mass is 19.1. The summed E-state index contributed by atoms with van der Waals surface area (Å²) in [5, 5.41) is 0. The minimum absolute atomic E-state index is 0.0241. The maximum atomic E-state index is 14.0. The number of imide groups is 1. The zero-order chi connectivity index (χ0) is 19.3. The highest BCUT2D eigenvalue weighted by molar-refractivity contribution is 6.08. The third-order valence-corrected chi connectivity index (χ3v) is 5.53. The van der Waals surface area contributed by atoms with Crippen LogP contribution in [0.4, 0.5) is 4.39 Å². The fourth-order valence-corrected chi connectivity index (χ4v) is 4.22. The summed E-state index contributed by atoms with van der Waals surface area (Å²) >= 11 is 0. The van der Waals surface area contributed by atoms with Crippen LogP contribution in [0, 0.1) is 17.7 Å². The van der Waals surface area contributed by atoms with Gasteiger partial charge in [0.15, 0.2) is 5.78 Å². The van der Waals surface area contributed by atoms with E-state index in [0.29, 0.717) is 12.8 Å². The number of nitrogens with zero attached hydrogens (tertiary/aromatic N) is 1. The number of rotatable bonds is 3. The van der Waals surface area contributed by atoms with Gasteiger partial charge < -0.3 is 4.74 Å². The summed E-state index contributed by atoms with van der Waals surface area (Å²) in [6, 6.07) is 2.39. The number of fused-ring (bicyclic) bond motifs is 2. The summed E-state index contributed by atoms with van der Waals surface area (Å²) in [6.45, 7) is 1.22. The molecule has 1 heterocycles. The zero-order valence-electron chi connectivity index (χ0n) is 14.7. The Bertz CT molecular complexity index is 880. The Balaban J connectivity index is 1.52. The second-order valence-electron chi connectivity index (χ2n) is 7.26. The van der Waals surface area contributed by atoms with Gasteiger partial charge in [-0.3, -0.25) is 19.3 Å². The molecule has 140 valence electrons. The number of ether oxygens (including phenoxy) is 1. The summed E-state index contributed by atoms with van der Waals surface area (Å²) in [5.41, 5.74) is 0.323. The minimum Gasteiger partial charge on any atom is -0.424 e. The molecule has 1 aromatic rings. The molecule has 6 nitrogen and oxygen atoms in total. The van der Waals surface area contributed by atoms with Crippen molar-refractivity contribution < 1.29 is 28.3 Å². The molecule has 0 spiro atoms. The molecule has 1 aliphatic heterocycles. The molecule has 0 aromatic heterocycles. The van der Waals surface area contributed by atoms with Gasteiger partial charge in [-0.1, -0.05) is 19.1 Å². The SMILES string of the molecule is C[C@H]1CC(=O)c2c(OC(=O)CN3C(=O)[C@H]4CC=CC[C@H]4C3=O)ccc(F)c21. The Morgan fingerprint density at radius 3 is 2.41 bits per heavy atom. The average molecular weight is 371 g/mol. The Kier molecular flexibility index (Phi) is 4.17. The number of Topliss-reactive ketones (excluding diaryl/α,β-unsaturated/α-hetero) is 1. The number of ketones is 1. The van der Waals surface area contributed by atoms with Crippen LogP contribution in [-0.2, 0) is 14.4 Å². The molecule has 2 amide bonds. The quantitative estimate of drug-likeness (QED) is 0.353. The summed E-state index contributed by atoms with van der Waals surface area (Å²) in [6.07, 6.45) is 4.85. The first-order valence-corrected chi connectivity index (χ1v) is 8.95. The van der Waals surface area contributed by atoms with Crippen LogP contribution in [0.25, 0.3) is 0 Å². The molecule has 27 heavy (non-hydrogen) atoms. The van der Waals surface area contributed by atoms with Crippen LogP contribution in [0.15, 0.2) is 24.3 Å². The second-order valence-corrected chi connectivity index (χ2v) is 7.26. The van der Waals surface area contributed by atoms with Crippen molar-refractivity contribution >= 4 is 23.6 Å². The summed E-state index contributed by atoms with van der Waals surface area (Å²) < 4.78 is 19.3. The Labute approximate surface area is 155 Å². The number of allylic oxidation sites excluding steroid dienone is 2. The molecular formula is C20H18FNO5. The molecular weight excluding hydrogens is 353 g/mol. The smallest absolute Gasteiger partial charge is 0.331 e. The Morgan fingerprint density at radius 1 is 1.15 bits per heavy atom. The number of carbonyl (C=O) groups is 4. The highest BCUT2D eigenvalue weighted by Crippen LogP contribution is 2.40. The molecule has 0 saturated carbocycles. The van der Waals surface area contributed by atoms with Gasteiger partial charge in [-0.25, -0.2) is 9.18 Å². The van der Waals surface area contributed by atoms with Gasteiger partial charge in [0.25, 0.3) is 0 Å². The number of carbonyl (C=O) groups excluding carboxylic acids is 4. The standard InChI is InChI=1S/C20H18FNO5/c1-10-8-14(23)18-15(7-6-13(21)17(10)18)27-16(24)9-22-19(25)11-4-2-3-5-12(11)20(22)26/h2-3,6-7,10-12H,4-5,8-9H2,1H3/t10-,11-,12+/m0/s1. The van der Waals surface area contributed by atoms with Crippen LogP contribution in [-0.4, -0.2) is 35.0 Å². The predicted molar refractivity (Wildman–Crippen MR) is 91.5 cm³/mol. The van der Waals surface area contributed by atoms with Crippen LogP contribution >= 0.6 is 0 Å². The van der Waals surface area contributed by atoms with Gasteiger partial charge >= 0.3 is 5.97 Å². The lowest BCUT2D eigenvalue weighted by Crippen LogP contribution is -2.37. The molecule has 0 radical (unpaired) electrons. The normalized spacial score (nSPS) is 26.4. The maximum absolute atomic E-state index is 14.0. The molecule has 4 rings (SSSR count). The third-order valence-electron chi connectivity index (χ3n) is 5.53. The number of halogens is 1. The number of hydrogen-bond acceptors (Lipinski definition) is 5. The van der Waals surface area contributed by atoms with Crippen LogP contribution in [0.3, 0.4) is 0 Å². The van der Waals surface area contributed by atoms with Gasteiger partial charge in [0.05, 0.1) is 17.4 Å². The maximum Gasteiger partial charge on any atom is 0.331 e. The van der Waals surface area contributed by atoms with Crippen LogP contribution < -0.4 is 4.74 Å². The molecule has 1 saturated heterocycles. The third kappa shape index (κ3) is 2.78. The lowest BCUT2D eigenvalue weighted by atomic mass is 9.85. The Morgan fingerprint density at radius 2 is 1.78 bits per heavy atom. The van der Waals surface area contributed by atoms with Crippen molar-refractivity contribution in [1.29, 1.82) is 0 Å². The van der Waals surface area contributed by atoms with E-state index in [-0.39, 0.29) is 46.8 Å². The fourth-order valence-electron chi connectivity index (χ4n) is 4.22. The lowest BCUT2D eigenvalue weighted by Gasteiger charge is -2.15. The monoisotopic (exact) mass is 371 g/mol. The van der Waals surface area contributed by atoms with E-state index in [4.69, 9.17) is 4.74 Å². The van der Waals surface area contributed by atoms with Gasteiger partial charge in [0, 0.05) is 12.0 Å². The number of esters is 1. The van der Waals surface area contributed by atoms with E-state index < -0.39 is 30.2 Å². The Hall–Kier alpha value is -2.83.